The van der Waals surface area contributed by atoms with Gasteiger partial charge in [-0.2, -0.15) is 0 Å². The highest BCUT2D eigenvalue weighted by Gasteiger charge is 2.19. The third-order valence-electron chi connectivity index (χ3n) is 4.31. The van der Waals surface area contributed by atoms with Crippen molar-refractivity contribution in [2.24, 2.45) is 0 Å². The number of sulfonamides is 1. The van der Waals surface area contributed by atoms with E-state index in [1.165, 1.54) is 33.5 Å². The number of anilines is 1. The van der Waals surface area contributed by atoms with E-state index in [1.54, 1.807) is 12.1 Å². The van der Waals surface area contributed by atoms with E-state index in [4.69, 9.17) is 14.2 Å². The van der Waals surface area contributed by atoms with Crippen molar-refractivity contribution in [2.75, 3.05) is 46.3 Å². The van der Waals surface area contributed by atoms with Crippen LogP contribution < -0.4 is 19.5 Å². The Bertz CT molecular complexity index is 977. The minimum absolute atomic E-state index is 0.121. The van der Waals surface area contributed by atoms with Crippen molar-refractivity contribution in [3.05, 3.63) is 47.5 Å². The number of carbonyl (C=O) groups is 1. The maximum atomic E-state index is 12.6. The summed E-state index contributed by atoms with van der Waals surface area (Å²) in [5, 5.41) is 12.3. The second-order valence-corrected chi connectivity index (χ2v) is 8.04. The van der Waals surface area contributed by atoms with Crippen LogP contribution in [0.2, 0.25) is 0 Å². The molecule has 0 radical (unpaired) electrons. The standard InChI is InChI=1S/C20H26N2O7S/c1-27-11-10-21-17-6-5-15(13-16(17)20(23)24)30(25,26)22-9-8-14-4-7-18(28-2)19(12-14)29-3/h4-7,12-13,21-22H,8-11H2,1-3H3,(H,23,24). The van der Waals surface area contributed by atoms with Crippen LogP contribution in [0.25, 0.3) is 0 Å². The summed E-state index contributed by atoms with van der Waals surface area (Å²) in [6.07, 6.45) is 0.419. The second kappa shape index (κ2) is 10.8. The van der Waals surface area contributed by atoms with Crippen LogP contribution in [0.1, 0.15) is 15.9 Å². The predicted molar refractivity (Wildman–Crippen MR) is 112 cm³/mol. The first-order chi connectivity index (χ1) is 14.3. The smallest absolute Gasteiger partial charge is 0.337 e. The predicted octanol–water partition coefficient (Wildman–Crippen LogP) is 1.98. The van der Waals surface area contributed by atoms with Crippen LogP contribution >= 0.6 is 0 Å². The molecule has 3 N–H and O–H groups in total. The molecule has 0 bridgehead atoms. The maximum absolute atomic E-state index is 12.6. The lowest BCUT2D eigenvalue weighted by Gasteiger charge is -2.13. The molecule has 10 heteroatoms. The molecule has 0 aliphatic carbocycles. The third kappa shape index (κ3) is 6.09. The average Bonchev–Trinajstić information content (AvgIpc) is 2.73. The summed E-state index contributed by atoms with van der Waals surface area (Å²) in [6.45, 7) is 0.914. The minimum atomic E-state index is -3.88. The Labute approximate surface area is 176 Å². The number of rotatable bonds is 12. The Balaban J connectivity index is 2.09. The largest absolute Gasteiger partial charge is 0.493 e. The van der Waals surface area contributed by atoms with Crippen molar-refractivity contribution >= 4 is 21.7 Å². The monoisotopic (exact) mass is 438 g/mol. The summed E-state index contributed by atoms with van der Waals surface area (Å²) < 4.78 is 43.0. The lowest BCUT2D eigenvalue weighted by atomic mass is 10.1. The number of carboxylic acid groups (broad SMARTS) is 1. The Morgan fingerprint density at radius 1 is 1.00 bits per heavy atom. The van der Waals surface area contributed by atoms with E-state index < -0.39 is 16.0 Å². The van der Waals surface area contributed by atoms with E-state index in [-0.39, 0.29) is 17.0 Å². The van der Waals surface area contributed by atoms with Gasteiger partial charge in [0.05, 0.1) is 31.3 Å². The summed E-state index contributed by atoms with van der Waals surface area (Å²) in [5.41, 5.74) is 1.05. The van der Waals surface area contributed by atoms with Crippen LogP contribution in [-0.2, 0) is 21.2 Å². The lowest BCUT2D eigenvalue weighted by Crippen LogP contribution is -2.26. The van der Waals surface area contributed by atoms with Crippen LogP contribution in [0.5, 0.6) is 11.5 Å². The highest BCUT2D eigenvalue weighted by molar-refractivity contribution is 7.89. The zero-order valence-electron chi connectivity index (χ0n) is 17.1. The normalized spacial score (nSPS) is 11.2. The number of aromatic carboxylic acids is 1. The van der Waals surface area contributed by atoms with Crippen molar-refractivity contribution in [3.63, 3.8) is 0 Å². The zero-order valence-corrected chi connectivity index (χ0v) is 17.9. The van der Waals surface area contributed by atoms with Crippen molar-refractivity contribution in [2.45, 2.75) is 11.3 Å². The van der Waals surface area contributed by atoms with Gasteiger partial charge < -0.3 is 24.6 Å². The van der Waals surface area contributed by atoms with Crippen molar-refractivity contribution in [3.8, 4) is 11.5 Å². The molecule has 0 aliphatic heterocycles. The second-order valence-electron chi connectivity index (χ2n) is 6.27. The molecule has 9 nitrogen and oxygen atoms in total. The maximum Gasteiger partial charge on any atom is 0.337 e. The van der Waals surface area contributed by atoms with E-state index >= 15 is 0 Å². The zero-order chi connectivity index (χ0) is 22.1. The Hall–Kier alpha value is -2.82. The highest BCUT2D eigenvalue weighted by atomic mass is 32.2. The molecule has 30 heavy (non-hydrogen) atoms. The number of benzene rings is 2. The van der Waals surface area contributed by atoms with Crippen LogP contribution in [0, 0.1) is 0 Å². The van der Waals surface area contributed by atoms with Crippen LogP contribution in [0.4, 0.5) is 5.69 Å². The number of ether oxygens (including phenoxy) is 3. The average molecular weight is 439 g/mol. The van der Waals surface area contributed by atoms with Crippen LogP contribution in [-0.4, -0.2) is 60.5 Å². The summed E-state index contributed by atoms with van der Waals surface area (Å²) >= 11 is 0. The molecule has 0 unspecified atom stereocenters. The fourth-order valence-corrected chi connectivity index (χ4v) is 3.82. The van der Waals surface area contributed by atoms with Gasteiger partial charge in [-0.05, 0) is 42.3 Å². The van der Waals surface area contributed by atoms with Gasteiger partial charge >= 0.3 is 5.97 Å². The Morgan fingerprint density at radius 3 is 2.37 bits per heavy atom. The van der Waals surface area contributed by atoms with Crippen molar-refractivity contribution in [1.82, 2.24) is 4.72 Å². The third-order valence-corrected chi connectivity index (χ3v) is 5.77. The summed E-state index contributed by atoms with van der Waals surface area (Å²) in [4.78, 5) is 11.4. The Kier molecular flexibility index (Phi) is 8.46. The van der Waals surface area contributed by atoms with Gasteiger partial charge in [0.25, 0.3) is 0 Å². The molecule has 2 aromatic rings. The van der Waals surface area contributed by atoms with Crippen molar-refractivity contribution < 1.29 is 32.5 Å². The van der Waals surface area contributed by atoms with E-state index in [9.17, 15) is 18.3 Å². The van der Waals surface area contributed by atoms with Gasteiger partial charge in [0.1, 0.15) is 0 Å². The lowest BCUT2D eigenvalue weighted by molar-refractivity contribution is 0.0697. The van der Waals surface area contributed by atoms with Crippen LogP contribution in [0.15, 0.2) is 41.3 Å². The molecule has 0 heterocycles. The number of hydrogen-bond donors (Lipinski definition) is 3. The molecular formula is C20H26N2O7S. The van der Waals surface area contributed by atoms with Gasteiger partial charge in [0.2, 0.25) is 10.0 Å². The van der Waals surface area contributed by atoms with Crippen molar-refractivity contribution in [1.29, 1.82) is 0 Å². The number of hydrogen-bond acceptors (Lipinski definition) is 7. The first-order valence-electron chi connectivity index (χ1n) is 9.13. The molecule has 0 aliphatic rings. The molecule has 0 saturated heterocycles. The molecule has 0 spiro atoms. The molecular weight excluding hydrogens is 412 g/mol. The topological polar surface area (TPSA) is 123 Å². The molecule has 0 aromatic heterocycles. The highest BCUT2D eigenvalue weighted by Crippen LogP contribution is 2.27. The molecule has 0 saturated carbocycles. The minimum Gasteiger partial charge on any atom is -0.493 e. The summed E-state index contributed by atoms with van der Waals surface area (Å²) in [6, 6.07) is 9.27. The molecule has 0 fully saturated rings. The molecule has 0 amide bonds. The van der Waals surface area contributed by atoms with Gasteiger partial charge in [-0.15, -0.1) is 0 Å². The fraction of sp³-hybridized carbons (Fsp3) is 0.350. The summed E-state index contributed by atoms with van der Waals surface area (Å²) in [5.74, 6) is -0.0833. The van der Waals surface area contributed by atoms with Gasteiger partial charge in [0.15, 0.2) is 11.5 Å². The molecule has 0 atom stereocenters. The van der Waals surface area contributed by atoms with Gasteiger partial charge in [-0.1, -0.05) is 6.07 Å². The summed E-state index contributed by atoms with van der Waals surface area (Å²) in [7, 11) is 0.715. The first-order valence-corrected chi connectivity index (χ1v) is 10.6. The number of methoxy groups -OCH3 is 3. The fourth-order valence-electron chi connectivity index (χ4n) is 2.76. The van der Waals surface area contributed by atoms with Gasteiger partial charge in [-0.3, -0.25) is 0 Å². The van der Waals surface area contributed by atoms with E-state index in [0.717, 1.165) is 11.6 Å². The molecule has 2 rings (SSSR count). The quantitative estimate of drug-likeness (QED) is 0.430. The van der Waals surface area contributed by atoms with E-state index in [2.05, 4.69) is 10.0 Å². The first kappa shape index (κ1) is 23.5. The Morgan fingerprint density at radius 2 is 1.73 bits per heavy atom. The molecule has 164 valence electrons. The molecule has 2 aromatic carbocycles. The van der Waals surface area contributed by atoms with Crippen LogP contribution in [0.3, 0.4) is 0 Å². The van der Waals surface area contributed by atoms with E-state index in [1.807, 2.05) is 6.07 Å². The SMILES string of the molecule is COCCNc1ccc(S(=O)(=O)NCCc2ccc(OC)c(OC)c2)cc1C(=O)O. The van der Waals surface area contributed by atoms with Gasteiger partial charge in [-0.25, -0.2) is 17.9 Å². The van der Waals surface area contributed by atoms with E-state index in [0.29, 0.717) is 36.8 Å². The number of nitrogens with one attached hydrogen (secondary N) is 2. The van der Waals surface area contributed by atoms with Gasteiger partial charge in [0, 0.05) is 25.9 Å². The number of carboxylic acids is 1.